The summed E-state index contributed by atoms with van der Waals surface area (Å²) in [6, 6.07) is 0.296. The second-order valence-corrected chi connectivity index (χ2v) is 4.31. The van der Waals surface area contributed by atoms with Crippen LogP contribution < -0.4 is 15.2 Å². The van der Waals surface area contributed by atoms with E-state index in [0.717, 1.165) is 6.07 Å². The van der Waals surface area contributed by atoms with Crippen LogP contribution in [0.4, 0.5) is 13.2 Å². The molecule has 0 saturated carbocycles. The largest absolute Gasteiger partial charge is 0.489 e. The summed E-state index contributed by atoms with van der Waals surface area (Å²) in [4.78, 5) is 0. The fourth-order valence-corrected chi connectivity index (χ4v) is 1.89. The minimum absolute atomic E-state index is 0.0732. The van der Waals surface area contributed by atoms with Gasteiger partial charge in [-0.2, -0.15) is 13.2 Å². The number of ether oxygens (including phenoxy) is 2. The zero-order chi connectivity index (χ0) is 13.3. The van der Waals surface area contributed by atoms with Gasteiger partial charge in [-0.15, -0.1) is 0 Å². The third-order valence-corrected chi connectivity index (χ3v) is 2.82. The lowest BCUT2D eigenvalue weighted by molar-refractivity contribution is -0.149. The van der Waals surface area contributed by atoms with Crippen LogP contribution in [-0.4, -0.2) is 19.4 Å². The Morgan fingerprint density at radius 2 is 1.89 bits per heavy atom. The lowest BCUT2D eigenvalue weighted by Gasteiger charge is -2.18. The molecule has 18 heavy (non-hydrogen) atoms. The molecular formula is C11H11ClF3NO2. The molecule has 0 fully saturated rings. The molecular weight excluding hydrogens is 271 g/mol. The molecule has 0 radical (unpaired) electrons. The van der Waals surface area contributed by atoms with Crippen molar-refractivity contribution in [1.29, 1.82) is 0 Å². The van der Waals surface area contributed by atoms with E-state index in [2.05, 4.69) is 0 Å². The van der Waals surface area contributed by atoms with E-state index in [-0.39, 0.29) is 22.1 Å². The molecule has 0 bridgehead atoms. The minimum atomic E-state index is -4.52. The van der Waals surface area contributed by atoms with Crippen molar-refractivity contribution in [3.05, 3.63) is 22.7 Å². The highest BCUT2D eigenvalue weighted by Gasteiger charge is 2.38. The van der Waals surface area contributed by atoms with Gasteiger partial charge in [0.2, 0.25) is 0 Å². The molecule has 1 aliphatic rings. The first kappa shape index (κ1) is 13.3. The normalized spacial score (nSPS) is 17.2. The highest BCUT2D eigenvalue weighted by Crippen LogP contribution is 2.41. The van der Waals surface area contributed by atoms with Crippen molar-refractivity contribution in [3.8, 4) is 11.5 Å². The van der Waals surface area contributed by atoms with Crippen molar-refractivity contribution < 1.29 is 22.6 Å². The number of benzene rings is 1. The SMILES string of the molecule is NC(c1cc(Cl)c2c(c1)OCCCO2)C(F)(F)F. The van der Waals surface area contributed by atoms with Crippen LogP contribution >= 0.6 is 11.6 Å². The van der Waals surface area contributed by atoms with E-state index < -0.39 is 12.2 Å². The summed E-state index contributed by atoms with van der Waals surface area (Å²) in [5.41, 5.74) is 4.99. The summed E-state index contributed by atoms with van der Waals surface area (Å²) in [5.74, 6) is 0.474. The maximum Gasteiger partial charge on any atom is 0.407 e. The maximum atomic E-state index is 12.5. The number of halogens is 4. The van der Waals surface area contributed by atoms with Crippen molar-refractivity contribution >= 4 is 11.6 Å². The fraction of sp³-hybridized carbons (Fsp3) is 0.455. The molecule has 2 rings (SSSR count). The minimum Gasteiger partial charge on any atom is -0.489 e. The molecule has 1 aliphatic heterocycles. The standard InChI is InChI=1S/C11H11ClF3NO2/c12-7-4-6(10(16)11(13,14)15)5-8-9(7)18-3-1-2-17-8/h4-5,10H,1-3,16H2. The van der Waals surface area contributed by atoms with Gasteiger partial charge in [-0.05, 0) is 17.7 Å². The molecule has 100 valence electrons. The highest BCUT2D eigenvalue weighted by molar-refractivity contribution is 6.32. The molecule has 2 N–H and O–H groups in total. The third-order valence-electron chi connectivity index (χ3n) is 2.54. The Bertz CT molecular complexity index is 451. The van der Waals surface area contributed by atoms with Crippen molar-refractivity contribution in [2.75, 3.05) is 13.2 Å². The topological polar surface area (TPSA) is 44.5 Å². The van der Waals surface area contributed by atoms with Crippen LogP contribution in [0.1, 0.15) is 18.0 Å². The predicted molar refractivity (Wildman–Crippen MR) is 60.0 cm³/mol. The number of alkyl halides is 3. The smallest absolute Gasteiger partial charge is 0.407 e. The zero-order valence-corrected chi connectivity index (χ0v) is 10.0. The van der Waals surface area contributed by atoms with Crippen LogP contribution in [0, 0.1) is 0 Å². The van der Waals surface area contributed by atoms with E-state index in [1.807, 2.05) is 0 Å². The number of hydrogen-bond donors (Lipinski definition) is 1. The Kier molecular flexibility index (Phi) is 3.59. The van der Waals surface area contributed by atoms with Crippen LogP contribution in [0.3, 0.4) is 0 Å². The molecule has 1 unspecified atom stereocenters. The van der Waals surface area contributed by atoms with Gasteiger partial charge in [0.25, 0.3) is 0 Å². The van der Waals surface area contributed by atoms with Gasteiger partial charge in [0, 0.05) is 6.42 Å². The summed E-state index contributed by atoms with van der Waals surface area (Å²) in [5, 5.41) is 0.0732. The van der Waals surface area contributed by atoms with Crippen LogP contribution in [0.5, 0.6) is 11.5 Å². The summed E-state index contributed by atoms with van der Waals surface area (Å²) < 4.78 is 48.2. The fourth-order valence-electron chi connectivity index (χ4n) is 1.62. The van der Waals surface area contributed by atoms with Crippen molar-refractivity contribution in [2.24, 2.45) is 5.73 Å². The summed E-state index contributed by atoms with van der Waals surface area (Å²) >= 11 is 5.89. The summed E-state index contributed by atoms with van der Waals surface area (Å²) in [6.07, 6.45) is -3.88. The Labute approximate surface area is 107 Å². The zero-order valence-electron chi connectivity index (χ0n) is 9.26. The van der Waals surface area contributed by atoms with Crippen LogP contribution in [-0.2, 0) is 0 Å². The number of rotatable bonds is 1. The van der Waals surface area contributed by atoms with E-state index in [4.69, 9.17) is 26.8 Å². The number of hydrogen-bond acceptors (Lipinski definition) is 3. The van der Waals surface area contributed by atoms with Crippen LogP contribution in [0.2, 0.25) is 5.02 Å². The maximum absolute atomic E-state index is 12.5. The average molecular weight is 282 g/mol. The van der Waals surface area contributed by atoms with Gasteiger partial charge in [-0.25, -0.2) is 0 Å². The van der Waals surface area contributed by atoms with Crippen molar-refractivity contribution in [2.45, 2.75) is 18.6 Å². The predicted octanol–water partition coefficient (Wildman–Crippen LogP) is 3.06. The molecule has 0 aliphatic carbocycles. The average Bonchev–Trinajstić information content (AvgIpc) is 2.52. The molecule has 1 heterocycles. The van der Waals surface area contributed by atoms with Crippen LogP contribution in [0.15, 0.2) is 12.1 Å². The molecule has 3 nitrogen and oxygen atoms in total. The molecule has 0 spiro atoms. The molecule has 0 amide bonds. The van der Waals surface area contributed by atoms with E-state index in [1.165, 1.54) is 6.07 Å². The molecule has 0 aromatic heterocycles. The number of fused-ring (bicyclic) bond motifs is 1. The van der Waals surface area contributed by atoms with Gasteiger partial charge in [0.05, 0.1) is 18.2 Å². The Hall–Kier alpha value is -1.14. The molecule has 1 atom stereocenters. The molecule has 7 heteroatoms. The van der Waals surface area contributed by atoms with E-state index >= 15 is 0 Å². The second kappa shape index (κ2) is 4.85. The van der Waals surface area contributed by atoms with Crippen LogP contribution in [0.25, 0.3) is 0 Å². The van der Waals surface area contributed by atoms with Gasteiger partial charge in [0.1, 0.15) is 6.04 Å². The number of nitrogens with two attached hydrogens (primary N) is 1. The molecule has 1 aromatic carbocycles. The van der Waals surface area contributed by atoms with Crippen molar-refractivity contribution in [1.82, 2.24) is 0 Å². The monoisotopic (exact) mass is 281 g/mol. The lowest BCUT2D eigenvalue weighted by atomic mass is 10.1. The summed E-state index contributed by atoms with van der Waals surface area (Å²) in [7, 11) is 0. The van der Waals surface area contributed by atoms with Gasteiger partial charge in [0.15, 0.2) is 11.5 Å². The Morgan fingerprint density at radius 3 is 2.56 bits per heavy atom. The van der Waals surface area contributed by atoms with E-state index in [0.29, 0.717) is 19.6 Å². The van der Waals surface area contributed by atoms with Crippen molar-refractivity contribution in [3.63, 3.8) is 0 Å². The first-order chi connectivity index (χ1) is 8.39. The second-order valence-electron chi connectivity index (χ2n) is 3.90. The Morgan fingerprint density at radius 1 is 1.22 bits per heavy atom. The van der Waals surface area contributed by atoms with Gasteiger partial charge >= 0.3 is 6.18 Å². The Balaban J connectivity index is 2.40. The van der Waals surface area contributed by atoms with Gasteiger partial charge in [-0.1, -0.05) is 11.6 Å². The summed E-state index contributed by atoms with van der Waals surface area (Å²) in [6.45, 7) is 0.783. The first-order valence-corrected chi connectivity index (χ1v) is 5.68. The van der Waals surface area contributed by atoms with Gasteiger partial charge < -0.3 is 15.2 Å². The quantitative estimate of drug-likeness (QED) is 0.860. The lowest BCUT2D eigenvalue weighted by Crippen LogP contribution is -2.28. The highest BCUT2D eigenvalue weighted by atomic mass is 35.5. The van der Waals surface area contributed by atoms with E-state index in [9.17, 15) is 13.2 Å². The van der Waals surface area contributed by atoms with E-state index in [1.54, 1.807) is 0 Å². The first-order valence-electron chi connectivity index (χ1n) is 5.31. The molecule has 0 saturated heterocycles. The molecule has 1 aromatic rings. The van der Waals surface area contributed by atoms with Gasteiger partial charge in [-0.3, -0.25) is 0 Å². The third kappa shape index (κ3) is 2.64.